The molecule has 0 fully saturated rings. The Labute approximate surface area is 138 Å². The third-order valence-corrected chi connectivity index (χ3v) is 3.60. The SMILES string of the molecule is CCNC(=NCC(C)Oc1ccccc1OC)NC1CC=CC1. The van der Waals surface area contributed by atoms with E-state index in [1.165, 1.54) is 0 Å². The van der Waals surface area contributed by atoms with E-state index in [9.17, 15) is 0 Å². The van der Waals surface area contributed by atoms with Gasteiger partial charge in [0.25, 0.3) is 0 Å². The van der Waals surface area contributed by atoms with Gasteiger partial charge in [0.15, 0.2) is 17.5 Å². The Morgan fingerprint density at radius 1 is 1.26 bits per heavy atom. The van der Waals surface area contributed by atoms with E-state index in [4.69, 9.17) is 9.47 Å². The standard InChI is InChI=1S/C18H27N3O2/c1-4-19-18(21-15-9-5-6-10-15)20-13-14(2)23-17-12-8-7-11-16(17)22-3/h5-8,11-12,14-15H,4,9-10,13H2,1-3H3,(H2,19,20,21). The van der Waals surface area contributed by atoms with Crippen molar-refractivity contribution < 1.29 is 9.47 Å². The zero-order chi connectivity index (χ0) is 16.5. The number of methoxy groups -OCH3 is 1. The number of benzene rings is 1. The molecule has 1 atom stereocenters. The second-order valence-corrected chi connectivity index (χ2v) is 5.58. The summed E-state index contributed by atoms with van der Waals surface area (Å²) < 4.78 is 11.2. The molecule has 2 rings (SSSR count). The molecule has 0 amide bonds. The molecule has 0 aromatic heterocycles. The molecule has 0 bridgehead atoms. The van der Waals surface area contributed by atoms with Crippen molar-refractivity contribution in [2.45, 2.75) is 38.8 Å². The van der Waals surface area contributed by atoms with Gasteiger partial charge in [-0.05, 0) is 38.8 Å². The van der Waals surface area contributed by atoms with E-state index in [2.05, 4.69) is 34.7 Å². The van der Waals surface area contributed by atoms with Crippen LogP contribution in [-0.4, -0.2) is 38.3 Å². The fourth-order valence-corrected chi connectivity index (χ4v) is 2.44. The Balaban J connectivity index is 1.89. The van der Waals surface area contributed by atoms with Crippen LogP contribution in [0.4, 0.5) is 0 Å². The van der Waals surface area contributed by atoms with E-state index in [0.717, 1.165) is 36.8 Å². The molecule has 1 unspecified atom stereocenters. The Morgan fingerprint density at radius 2 is 1.96 bits per heavy atom. The molecule has 2 N–H and O–H groups in total. The highest BCUT2D eigenvalue weighted by Gasteiger charge is 2.12. The highest BCUT2D eigenvalue weighted by Crippen LogP contribution is 2.26. The molecule has 1 aliphatic carbocycles. The van der Waals surface area contributed by atoms with Crippen LogP contribution in [0.2, 0.25) is 0 Å². The van der Waals surface area contributed by atoms with Gasteiger partial charge in [0.05, 0.1) is 13.7 Å². The number of rotatable bonds is 7. The lowest BCUT2D eigenvalue weighted by molar-refractivity contribution is 0.219. The third-order valence-electron chi connectivity index (χ3n) is 3.60. The zero-order valence-corrected chi connectivity index (χ0v) is 14.2. The number of nitrogens with zero attached hydrogens (tertiary/aromatic N) is 1. The minimum Gasteiger partial charge on any atom is -0.493 e. The van der Waals surface area contributed by atoms with Gasteiger partial charge in [-0.1, -0.05) is 24.3 Å². The molecule has 1 aromatic rings. The van der Waals surface area contributed by atoms with E-state index in [0.29, 0.717) is 12.6 Å². The van der Waals surface area contributed by atoms with Crippen LogP contribution >= 0.6 is 0 Å². The lowest BCUT2D eigenvalue weighted by atomic mass is 10.2. The van der Waals surface area contributed by atoms with Crippen molar-refractivity contribution in [3.8, 4) is 11.5 Å². The maximum absolute atomic E-state index is 5.93. The van der Waals surface area contributed by atoms with Crippen molar-refractivity contribution in [1.29, 1.82) is 0 Å². The minimum atomic E-state index is -0.0385. The van der Waals surface area contributed by atoms with Crippen molar-refractivity contribution in [3.05, 3.63) is 36.4 Å². The largest absolute Gasteiger partial charge is 0.493 e. The monoisotopic (exact) mass is 317 g/mol. The highest BCUT2D eigenvalue weighted by molar-refractivity contribution is 5.80. The first-order valence-electron chi connectivity index (χ1n) is 8.22. The lowest BCUT2D eigenvalue weighted by Gasteiger charge is -2.19. The summed E-state index contributed by atoms with van der Waals surface area (Å²) in [4.78, 5) is 4.63. The maximum atomic E-state index is 5.93. The first-order valence-corrected chi connectivity index (χ1v) is 8.22. The number of hydrogen-bond donors (Lipinski definition) is 2. The first kappa shape index (κ1) is 17.2. The van der Waals surface area contributed by atoms with Gasteiger partial charge in [-0.3, -0.25) is 0 Å². The molecule has 1 aliphatic rings. The van der Waals surface area contributed by atoms with E-state index >= 15 is 0 Å². The summed E-state index contributed by atoms with van der Waals surface area (Å²) in [5.74, 6) is 2.33. The summed E-state index contributed by atoms with van der Waals surface area (Å²) in [5.41, 5.74) is 0. The van der Waals surface area contributed by atoms with Crippen LogP contribution in [0.25, 0.3) is 0 Å². The van der Waals surface area contributed by atoms with Gasteiger partial charge in [-0.2, -0.15) is 0 Å². The van der Waals surface area contributed by atoms with Crippen molar-refractivity contribution in [2.24, 2.45) is 4.99 Å². The van der Waals surface area contributed by atoms with Crippen LogP contribution in [0.3, 0.4) is 0 Å². The summed E-state index contributed by atoms with van der Waals surface area (Å²) >= 11 is 0. The van der Waals surface area contributed by atoms with Gasteiger partial charge < -0.3 is 20.1 Å². The summed E-state index contributed by atoms with van der Waals surface area (Å²) in [5, 5.41) is 6.74. The highest BCUT2D eigenvalue weighted by atomic mass is 16.5. The number of aliphatic imine (C=N–C) groups is 1. The number of ether oxygens (including phenoxy) is 2. The summed E-state index contributed by atoms with van der Waals surface area (Å²) in [7, 11) is 1.65. The Bertz CT molecular complexity index is 535. The van der Waals surface area contributed by atoms with Crippen LogP contribution < -0.4 is 20.1 Å². The molecule has 23 heavy (non-hydrogen) atoms. The predicted molar refractivity (Wildman–Crippen MR) is 94.4 cm³/mol. The van der Waals surface area contributed by atoms with Crippen molar-refractivity contribution in [1.82, 2.24) is 10.6 Å². The quantitative estimate of drug-likeness (QED) is 0.461. The molecular formula is C18H27N3O2. The van der Waals surface area contributed by atoms with Crippen molar-refractivity contribution in [2.75, 3.05) is 20.2 Å². The van der Waals surface area contributed by atoms with Crippen LogP contribution in [0.1, 0.15) is 26.7 Å². The molecule has 0 radical (unpaired) electrons. The smallest absolute Gasteiger partial charge is 0.191 e. The second kappa shape index (κ2) is 9.08. The molecule has 0 spiro atoms. The number of guanidine groups is 1. The van der Waals surface area contributed by atoms with Crippen molar-refractivity contribution in [3.63, 3.8) is 0 Å². The average molecular weight is 317 g/mol. The molecule has 1 aromatic carbocycles. The number of para-hydroxylation sites is 2. The van der Waals surface area contributed by atoms with Gasteiger partial charge in [0, 0.05) is 12.6 Å². The topological polar surface area (TPSA) is 54.9 Å². The summed E-state index contributed by atoms with van der Waals surface area (Å²) in [6, 6.07) is 8.11. The van der Waals surface area contributed by atoms with Crippen molar-refractivity contribution >= 4 is 5.96 Å². The Morgan fingerprint density at radius 3 is 2.61 bits per heavy atom. The molecular weight excluding hydrogens is 290 g/mol. The molecule has 5 nitrogen and oxygen atoms in total. The number of nitrogens with one attached hydrogen (secondary N) is 2. The van der Waals surface area contributed by atoms with Gasteiger partial charge in [-0.15, -0.1) is 0 Å². The van der Waals surface area contributed by atoms with E-state index < -0.39 is 0 Å². The molecule has 0 saturated carbocycles. The first-order chi connectivity index (χ1) is 11.2. The van der Waals surface area contributed by atoms with Crippen LogP contribution in [0.5, 0.6) is 11.5 Å². The zero-order valence-electron chi connectivity index (χ0n) is 14.2. The normalized spacial score (nSPS) is 16.2. The average Bonchev–Trinajstić information content (AvgIpc) is 3.06. The fourth-order valence-electron chi connectivity index (χ4n) is 2.44. The van der Waals surface area contributed by atoms with E-state index in [1.54, 1.807) is 7.11 Å². The van der Waals surface area contributed by atoms with Crippen LogP contribution in [-0.2, 0) is 0 Å². The van der Waals surface area contributed by atoms with Gasteiger partial charge in [0.2, 0.25) is 0 Å². The minimum absolute atomic E-state index is 0.0385. The lowest BCUT2D eigenvalue weighted by Crippen LogP contribution is -2.43. The van der Waals surface area contributed by atoms with Crippen LogP contribution in [0.15, 0.2) is 41.4 Å². The molecule has 5 heteroatoms. The predicted octanol–water partition coefficient (Wildman–Crippen LogP) is 2.74. The van der Waals surface area contributed by atoms with Gasteiger partial charge in [-0.25, -0.2) is 4.99 Å². The Kier molecular flexibility index (Phi) is 6.78. The molecule has 0 heterocycles. The van der Waals surface area contributed by atoms with E-state index in [1.807, 2.05) is 31.2 Å². The third kappa shape index (κ3) is 5.51. The van der Waals surface area contributed by atoms with Gasteiger partial charge >= 0.3 is 0 Å². The van der Waals surface area contributed by atoms with Gasteiger partial charge in [0.1, 0.15) is 6.10 Å². The van der Waals surface area contributed by atoms with E-state index in [-0.39, 0.29) is 6.10 Å². The number of hydrogen-bond acceptors (Lipinski definition) is 3. The maximum Gasteiger partial charge on any atom is 0.191 e. The van der Waals surface area contributed by atoms with Crippen LogP contribution in [0, 0.1) is 0 Å². The molecule has 126 valence electrons. The molecule has 0 aliphatic heterocycles. The summed E-state index contributed by atoms with van der Waals surface area (Å²) in [6.07, 6.45) is 6.47. The fraction of sp³-hybridized carbons (Fsp3) is 0.500. The molecule has 0 saturated heterocycles. The summed E-state index contributed by atoms with van der Waals surface area (Å²) in [6.45, 7) is 5.50. The second-order valence-electron chi connectivity index (χ2n) is 5.58. The Hall–Kier alpha value is -2.17.